The summed E-state index contributed by atoms with van der Waals surface area (Å²) in [5.41, 5.74) is 2.48. The highest BCUT2D eigenvalue weighted by molar-refractivity contribution is 6.09. The van der Waals surface area contributed by atoms with Crippen LogP contribution in [0, 0.1) is 5.92 Å². The number of anilines is 1. The highest BCUT2D eigenvalue weighted by Crippen LogP contribution is 2.20. The number of rotatable bonds is 9. The minimum Gasteiger partial charge on any atom is -0.494 e. The average Bonchev–Trinajstić information content (AvgIpc) is 2.80. The summed E-state index contributed by atoms with van der Waals surface area (Å²) in [6, 6.07) is 23.9. The lowest BCUT2D eigenvalue weighted by molar-refractivity contribution is 0.0786. The number of hydrogen-bond donors (Lipinski definition) is 1. The zero-order chi connectivity index (χ0) is 22.9. The maximum absolute atomic E-state index is 13.0. The Morgan fingerprint density at radius 3 is 2.25 bits per heavy atom. The molecule has 0 bridgehead atoms. The first-order chi connectivity index (χ1) is 15.4. The first-order valence-corrected chi connectivity index (χ1v) is 10.9. The Morgan fingerprint density at radius 1 is 0.906 bits per heavy atom. The molecule has 0 heterocycles. The number of carbonyl (C=O) groups excluding carboxylic acids is 2. The van der Waals surface area contributed by atoms with Gasteiger partial charge in [-0.15, -0.1) is 0 Å². The summed E-state index contributed by atoms with van der Waals surface area (Å²) in [6.07, 6.45) is 0.978. The maximum atomic E-state index is 13.0. The van der Waals surface area contributed by atoms with Gasteiger partial charge in [-0.05, 0) is 54.3 Å². The van der Waals surface area contributed by atoms with Crippen molar-refractivity contribution in [3.05, 3.63) is 95.6 Å². The van der Waals surface area contributed by atoms with Gasteiger partial charge < -0.3 is 15.0 Å². The van der Waals surface area contributed by atoms with Crippen molar-refractivity contribution in [3.8, 4) is 5.75 Å². The SMILES string of the molecule is CC(C)CCOc1ccc(C(=O)Nc2ccccc2C(=O)N(C)Cc2ccccc2)cc1. The third-order valence-electron chi connectivity index (χ3n) is 5.10. The molecular weight excluding hydrogens is 400 g/mol. The van der Waals surface area contributed by atoms with E-state index in [4.69, 9.17) is 4.74 Å². The smallest absolute Gasteiger partial charge is 0.256 e. The molecule has 5 nitrogen and oxygen atoms in total. The minimum absolute atomic E-state index is 0.154. The number of ether oxygens (including phenoxy) is 1. The van der Waals surface area contributed by atoms with Crippen LogP contribution in [-0.2, 0) is 6.54 Å². The van der Waals surface area contributed by atoms with Crippen LogP contribution in [0.5, 0.6) is 5.75 Å². The molecule has 0 atom stereocenters. The fraction of sp³-hybridized carbons (Fsp3) is 0.259. The van der Waals surface area contributed by atoms with E-state index >= 15 is 0 Å². The maximum Gasteiger partial charge on any atom is 0.256 e. The van der Waals surface area contributed by atoms with Gasteiger partial charge in [-0.3, -0.25) is 9.59 Å². The fourth-order valence-electron chi connectivity index (χ4n) is 3.22. The Kier molecular flexibility index (Phi) is 8.03. The van der Waals surface area contributed by atoms with Crippen molar-refractivity contribution >= 4 is 17.5 Å². The second-order valence-electron chi connectivity index (χ2n) is 8.20. The van der Waals surface area contributed by atoms with Gasteiger partial charge >= 0.3 is 0 Å². The van der Waals surface area contributed by atoms with Crippen LogP contribution in [0.1, 0.15) is 46.5 Å². The summed E-state index contributed by atoms with van der Waals surface area (Å²) in [6.45, 7) is 5.44. The Labute approximate surface area is 190 Å². The molecule has 0 aliphatic carbocycles. The molecule has 32 heavy (non-hydrogen) atoms. The van der Waals surface area contributed by atoms with Crippen molar-refractivity contribution in [3.63, 3.8) is 0 Å². The second kappa shape index (κ2) is 11.1. The molecule has 0 saturated carbocycles. The van der Waals surface area contributed by atoms with Gasteiger partial charge in [-0.1, -0.05) is 56.3 Å². The third-order valence-corrected chi connectivity index (χ3v) is 5.10. The van der Waals surface area contributed by atoms with E-state index in [1.54, 1.807) is 60.5 Å². The molecule has 3 aromatic carbocycles. The molecule has 0 saturated heterocycles. The highest BCUT2D eigenvalue weighted by atomic mass is 16.5. The monoisotopic (exact) mass is 430 g/mol. The van der Waals surface area contributed by atoms with Crippen LogP contribution in [0.15, 0.2) is 78.9 Å². The fourth-order valence-corrected chi connectivity index (χ4v) is 3.22. The topological polar surface area (TPSA) is 58.6 Å². The summed E-state index contributed by atoms with van der Waals surface area (Å²) in [5.74, 6) is 0.887. The van der Waals surface area contributed by atoms with Crippen molar-refractivity contribution in [2.45, 2.75) is 26.8 Å². The average molecular weight is 431 g/mol. The second-order valence-corrected chi connectivity index (χ2v) is 8.20. The Bertz CT molecular complexity index is 1030. The largest absolute Gasteiger partial charge is 0.494 e. The molecule has 166 valence electrons. The molecule has 0 radical (unpaired) electrons. The first kappa shape index (κ1) is 23.1. The van der Waals surface area contributed by atoms with Crippen LogP contribution < -0.4 is 10.1 Å². The molecule has 0 spiro atoms. The normalized spacial score (nSPS) is 10.6. The molecule has 3 rings (SSSR count). The number of amides is 2. The molecule has 0 aliphatic rings. The summed E-state index contributed by atoms with van der Waals surface area (Å²) >= 11 is 0. The summed E-state index contributed by atoms with van der Waals surface area (Å²) < 4.78 is 5.71. The Morgan fingerprint density at radius 2 is 1.56 bits per heavy atom. The number of hydrogen-bond acceptors (Lipinski definition) is 3. The summed E-state index contributed by atoms with van der Waals surface area (Å²) in [4.78, 5) is 27.5. The van der Waals surface area contributed by atoms with E-state index < -0.39 is 0 Å². The van der Waals surface area contributed by atoms with E-state index in [-0.39, 0.29) is 11.8 Å². The van der Waals surface area contributed by atoms with E-state index in [2.05, 4.69) is 19.2 Å². The predicted molar refractivity (Wildman–Crippen MR) is 128 cm³/mol. The Balaban J connectivity index is 1.66. The minimum atomic E-state index is -0.273. The van der Waals surface area contributed by atoms with E-state index in [1.807, 2.05) is 30.3 Å². The molecule has 1 N–H and O–H groups in total. The standard InChI is InChI=1S/C27H30N2O3/c1-20(2)17-18-32-23-15-13-22(14-16-23)26(30)28-25-12-8-7-11-24(25)27(31)29(3)19-21-9-5-4-6-10-21/h4-16,20H,17-19H2,1-3H3,(H,28,30). The quantitative estimate of drug-likeness (QED) is 0.478. The van der Waals surface area contributed by atoms with Crippen molar-refractivity contribution in [2.75, 3.05) is 19.0 Å². The zero-order valence-electron chi connectivity index (χ0n) is 18.9. The van der Waals surface area contributed by atoms with Crippen LogP contribution in [0.3, 0.4) is 0 Å². The number of benzene rings is 3. The number of para-hydroxylation sites is 1. The molecule has 0 fully saturated rings. The molecule has 5 heteroatoms. The molecular formula is C27H30N2O3. The van der Waals surface area contributed by atoms with Crippen molar-refractivity contribution in [1.82, 2.24) is 4.90 Å². The van der Waals surface area contributed by atoms with Crippen molar-refractivity contribution in [2.24, 2.45) is 5.92 Å². The van der Waals surface area contributed by atoms with Gasteiger partial charge in [-0.25, -0.2) is 0 Å². The highest BCUT2D eigenvalue weighted by Gasteiger charge is 2.17. The summed E-state index contributed by atoms with van der Waals surface area (Å²) in [5, 5.41) is 2.88. The summed E-state index contributed by atoms with van der Waals surface area (Å²) in [7, 11) is 1.76. The van der Waals surface area contributed by atoms with Crippen LogP contribution in [0.2, 0.25) is 0 Å². The van der Waals surface area contributed by atoms with Gasteiger partial charge in [0, 0.05) is 19.2 Å². The van der Waals surface area contributed by atoms with Gasteiger partial charge in [0.15, 0.2) is 0 Å². The van der Waals surface area contributed by atoms with Gasteiger partial charge in [0.2, 0.25) is 0 Å². The molecule has 3 aromatic rings. The molecule has 0 aromatic heterocycles. The van der Waals surface area contributed by atoms with Gasteiger partial charge in [-0.2, -0.15) is 0 Å². The number of carbonyl (C=O) groups is 2. The number of nitrogens with zero attached hydrogens (tertiary/aromatic N) is 1. The van der Waals surface area contributed by atoms with Crippen molar-refractivity contribution in [1.29, 1.82) is 0 Å². The lowest BCUT2D eigenvalue weighted by Gasteiger charge is -2.19. The molecule has 0 aliphatic heterocycles. The van der Waals surface area contributed by atoms with E-state index in [0.717, 1.165) is 17.7 Å². The molecule has 2 amide bonds. The van der Waals surface area contributed by atoms with E-state index in [9.17, 15) is 9.59 Å². The zero-order valence-corrected chi connectivity index (χ0v) is 18.9. The molecule has 0 unspecified atom stereocenters. The first-order valence-electron chi connectivity index (χ1n) is 10.9. The van der Waals surface area contributed by atoms with Crippen LogP contribution >= 0.6 is 0 Å². The van der Waals surface area contributed by atoms with E-state index in [0.29, 0.717) is 35.9 Å². The van der Waals surface area contributed by atoms with Crippen LogP contribution in [-0.4, -0.2) is 30.4 Å². The van der Waals surface area contributed by atoms with Crippen molar-refractivity contribution < 1.29 is 14.3 Å². The van der Waals surface area contributed by atoms with Gasteiger partial charge in [0.1, 0.15) is 5.75 Å². The van der Waals surface area contributed by atoms with Crippen LogP contribution in [0.4, 0.5) is 5.69 Å². The van der Waals surface area contributed by atoms with E-state index in [1.165, 1.54) is 0 Å². The van der Waals surface area contributed by atoms with Crippen LogP contribution in [0.25, 0.3) is 0 Å². The lowest BCUT2D eigenvalue weighted by Crippen LogP contribution is -2.27. The third kappa shape index (κ3) is 6.45. The predicted octanol–water partition coefficient (Wildman–Crippen LogP) is 5.64. The van der Waals surface area contributed by atoms with Gasteiger partial charge in [0.25, 0.3) is 11.8 Å². The Hall–Kier alpha value is -3.60. The number of nitrogens with one attached hydrogen (secondary N) is 1. The lowest BCUT2D eigenvalue weighted by atomic mass is 10.1. The van der Waals surface area contributed by atoms with Gasteiger partial charge in [0.05, 0.1) is 17.9 Å².